The van der Waals surface area contributed by atoms with Crippen molar-refractivity contribution in [1.29, 1.82) is 5.26 Å². The van der Waals surface area contributed by atoms with Crippen molar-refractivity contribution in [1.82, 2.24) is 9.62 Å². The van der Waals surface area contributed by atoms with Gasteiger partial charge in [0.05, 0.1) is 17.4 Å². The molecule has 1 amide bonds. The first kappa shape index (κ1) is 15.5. The van der Waals surface area contributed by atoms with Crippen molar-refractivity contribution in [2.45, 2.75) is 25.1 Å². The predicted octanol–water partition coefficient (Wildman–Crippen LogP) is 0.598. The Morgan fingerprint density at radius 2 is 2.24 bits per heavy atom. The second kappa shape index (κ2) is 6.24. The molecule has 0 radical (unpaired) electrons. The average molecular weight is 307 g/mol. The van der Waals surface area contributed by atoms with E-state index >= 15 is 0 Å². The van der Waals surface area contributed by atoms with E-state index in [4.69, 9.17) is 5.26 Å². The van der Waals surface area contributed by atoms with E-state index in [9.17, 15) is 13.2 Å². The summed E-state index contributed by atoms with van der Waals surface area (Å²) in [5.41, 5.74) is 0.973. The van der Waals surface area contributed by atoms with Gasteiger partial charge in [-0.1, -0.05) is 19.1 Å². The number of hydrogen-bond acceptors (Lipinski definition) is 4. The van der Waals surface area contributed by atoms with E-state index in [1.807, 2.05) is 6.07 Å². The van der Waals surface area contributed by atoms with Gasteiger partial charge in [-0.25, -0.2) is 8.42 Å². The molecule has 1 aliphatic rings. The minimum absolute atomic E-state index is 0.202. The number of carbonyl (C=O) groups is 1. The van der Waals surface area contributed by atoms with E-state index in [0.717, 1.165) is 0 Å². The second-order valence-corrected chi connectivity index (χ2v) is 6.82. The minimum Gasteiger partial charge on any atom is -0.353 e. The summed E-state index contributed by atoms with van der Waals surface area (Å²) in [7, 11) is -3.59. The van der Waals surface area contributed by atoms with Crippen LogP contribution in [0.15, 0.2) is 24.3 Å². The predicted molar refractivity (Wildman–Crippen MR) is 77.6 cm³/mol. The van der Waals surface area contributed by atoms with Crippen LogP contribution < -0.4 is 5.32 Å². The van der Waals surface area contributed by atoms with Crippen LogP contribution in [0.4, 0.5) is 0 Å². The van der Waals surface area contributed by atoms with Crippen LogP contribution in [0.25, 0.3) is 0 Å². The summed E-state index contributed by atoms with van der Waals surface area (Å²) in [6.07, 6.45) is 0.434. The number of rotatable bonds is 4. The minimum atomic E-state index is -3.59. The third-order valence-electron chi connectivity index (χ3n) is 3.43. The Labute approximate surface area is 124 Å². The van der Waals surface area contributed by atoms with E-state index in [1.54, 1.807) is 31.2 Å². The molecular formula is C14H17N3O3S. The largest absolute Gasteiger partial charge is 0.353 e. The first-order chi connectivity index (χ1) is 9.97. The van der Waals surface area contributed by atoms with Crippen LogP contribution >= 0.6 is 0 Å². The zero-order valence-corrected chi connectivity index (χ0v) is 12.6. The highest BCUT2D eigenvalue weighted by Gasteiger charge is 2.36. The molecular weight excluding hydrogens is 290 g/mol. The molecule has 1 heterocycles. The maximum absolute atomic E-state index is 12.5. The van der Waals surface area contributed by atoms with E-state index < -0.39 is 16.1 Å². The van der Waals surface area contributed by atoms with Crippen LogP contribution in [0.2, 0.25) is 0 Å². The summed E-state index contributed by atoms with van der Waals surface area (Å²) in [6, 6.07) is 7.85. The Kier molecular flexibility index (Phi) is 4.60. The Morgan fingerprint density at radius 3 is 2.90 bits per heavy atom. The quantitative estimate of drug-likeness (QED) is 0.882. The molecule has 0 spiro atoms. The molecule has 1 saturated heterocycles. The molecule has 21 heavy (non-hydrogen) atoms. The molecule has 0 saturated carbocycles. The lowest BCUT2D eigenvalue weighted by atomic mass is 10.2. The fourth-order valence-corrected chi connectivity index (χ4v) is 4.21. The van der Waals surface area contributed by atoms with Crippen LogP contribution in [0.1, 0.15) is 24.5 Å². The topological polar surface area (TPSA) is 90.3 Å². The molecule has 6 nitrogen and oxygen atoms in total. The second-order valence-electron chi connectivity index (χ2n) is 4.89. The number of nitriles is 1. The standard InChI is InChI=1S/C14H17N3O3S/c1-2-13-14(18)16-6-7-17(13)21(19,20)10-12-5-3-4-11(8-12)9-15/h3-5,8,13H,2,6-7,10H2,1H3,(H,16,18). The number of sulfonamides is 1. The summed E-state index contributed by atoms with van der Waals surface area (Å²) >= 11 is 0. The summed E-state index contributed by atoms with van der Waals surface area (Å²) in [4.78, 5) is 11.8. The van der Waals surface area contributed by atoms with Crippen molar-refractivity contribution >= 4 is 15.9 Å². The summed E-state index contributed by atoms with van der Waals surface area (Å²) in [6.45, 7) is 2.39. The lowest BCUT2D eigenvalue weighted by molar-refractivity contribution is -0.126. The summed E-state index contributed by atoms with van der Waals surface area (Å²) in [5.74, 6) is -0.454. The van der Waals surface area contributed by atoms with Crippen molar-refractivity contribution in [3.8, 4) is 6.07 Å². The average Bonchev–Trinajstić information content (AvgIpc) is 2.46. The number of amides is 1. The maximum atomic E-state index is 12.5. The van der Waals surface area contributed by atoms with Gasteiger partial charge in [-0.3, -0.25) is 4.79 Å². The Morgan fingerprint density at radius 1 is 1.48 bits per heavy atom. The Bertz CT molecular complexity index is 679. The van der Waals surface area contributed by atoms with Gasteiger partial charge in [-0.15, -0.1) is 0 Å². The third-order valence-corrected chi connectivity index (χ3v) is 5.28. The highest BCUT2D eigenvalue weighted by molar-refractivity contribution is 7.88. The van der Waals surface area contributed by atoms with Crippen LogP contribution in [0.5, 0.6) is 0 Å². The summed E-state index contributed by atoms with van der Waals surface area (Å²) in [5, 5.41) is 11.5. The van der Waals surface area contributed by atoms with Gasteiger partial charge in [0.15, 0.2) is 0 Å². The van der Waals surface area contributed by atoms with E-state index in [0.29, 0.717) is 24.1 Å². The van der Waals surface area contributed by atoms with Gasteiger partial charge in [0.1, 0.15) is 6.04 Å². The van der Waals surface area contributed by atoms with Gasteiger partial charge in [0.25, 0.3) is 0 Å². The highest BCUT2D eigenvalue weighted by Crippen LogP contribution is 2.18. The van der Waals surface area contributed by atoms with Crippen LogP contribution in [0.3, 0.4) is 0 Å². The van der Waals surface area contributed by atoms with Gasteiger partial charge in [-0.2, -0.15) is 9.57 Å². The number of hydrogen-bond donors (Lipinski definition) is 1. The molecule has 1 fully saturated rings. The summed E-state index contributed by atoms with van der Waals surface area (Å²) < 4.78 is 26.3. The van der Waals surface area contributed by atoms with Gasteiger partial charge < -0.3 is 5.32 Å². The smallest absolute Gasteiger partial charge is 0.238 e. The molecule has 1 atom stereocenters. The van der Waals surface area contributed by atoms with Gasteiger partial charge >= 0.3 is 0 Å². The maximum Gasteiger partial charge on any atom is 0.238 e. The zero-order chi connectivity index (χ0) is 15.5. The van der Waals surface area contributed by atoms with Crippen LogP contribution in [0, 0.1) is 11.3 Å². The first-order valence-electron chi connectivity index (χ1n) is 6.74. The van der Waals surface area contributed by atoms with E-state index in [-0.39, 0.29) is 18.2 Å². The molecule has 0 aliphatic carbocycles. The van der Waals surface area contributed by atoms with E-state index in [1.165, 1.54) is 4.31 Å². The zero-order valence-electron chi connectivity index (χ0n) is 11.7. The monoisotopic (exact) mass is 307 g/mol. The van der Waals surface area contributed by atoms with Crippen molar-refractivity contribution < 1.29 is 13.2 Å². The molecule has 1 N–H and O–H groups in total. The number of nitrogens with zero attached hydrogens (tertiary/aromatic N) is 2. The van der Waals surface area contributed by atoms with Crippen molar-refractivity contribution in [2.75, 3.05) is 13.1 Å². The molecule has 1 aromatic rings. The third kappa shape index (κ3) is 3.40. The normalized spacial score (nSPS) is 19.8. The van der Waals surface area contributed by atoms with Crippen LogP contribution in [-0.4, -0.2) is 37.8 Å². The number of piperazine rings is 1. The molecule has 2 rings (SSSR count). The van der Waals surface area contributed by atoms with Gasteiger partial charge in [0.2, 0.25) is 15.9 Å². The Hall–Kier alpha value is -1.91. The molecule has 0 aromatic heterocycles. The number of nitrogens with one attached hydrogen (secondary N) is 1. The lowest BCUT2D eigenvalue weighted by Gasteiger charge is -2.33. The first-order valence-corrected chi connectivity index (χ1v) is 8.35. The SMILES string of the molecule is CCC1C(=O)NCCN1S(=O)(=O)Cc1cccc(C#N)c1. The molecule has 7 heteroatoms. The molecule has 1 aromatic carbocycles. The molecule has 112 valence electrons. The lowest BCUT2D eigenvalue weighted by Crippen LogP contribution is -2.56. The fraction of sp³-hybridized carbons (Fsp3) is 0.429. The van der Waals surface area contributed by atoms with E-state index in [2.05, 4.69) is 5.32 Å². The number of carbonyl (C=O) groups excluding carboxylic acids is 1. The van der Waals surface area contributed by atoms with Gasteiger partial charge in [-0.05, 0) is 24.1 Å². The van der Waals surface area contributed by atoms with Crippen LogP contribution in [-0.2, 0) is 20.6 Å². The molecule has 1 aliphatic heterocycles. The highest BCUT2D eigenvalue weighted by atomic mass is 32.2. The fourth-order valence-electron chi connectivity index (χ4n) is 2.44. The van der Waals surface area contributed by atoms with Crippen molar-refractivity contribution in [3.05, 3.63) is 35.4 Å². The Balaban J connectivity index is 2.24. The number of benzene rings is 1. The molecule has 0 bridgehead atoms. The van der Waals surface area contributed by atoms with Crippen molar-refractivity contribution in [3.63, 3.8) is 0 Å². The van der Waals surface area contributed by atoms with Crippen molar-refractivity contribution in [2.24, 2.45) is 0 Å². The van der Waals surface area contributed by atoms with Gasteiger partial charge in [0, 0.05) is 13.1 Å². The molecule has 1 unspecified atom stereocenters.